The molecule has 4 heteroatoms. The lowest BCUT2D eigenvalue weighted by molar-refractivity contribution is -0.122. The van der Waals surface area contributed by atoms with E-state index in [1.54, 1.807) is 0 Å². The van der Waals surface area contributed by atoms with Crippen molar-refractivity contribution >= 4 is 5.91 Å². The van der Waals surface area contributed by atoms with Gasteiger partial charge in [0.15, 0.2) is 0 Å². The quantitative estimate of drug-likeness (QED) is 0.684. The maximum Gasteiger partial charge on any atom is 0.236 e. The Morgan fingerprint density at radius 3 is 2.79 bits per heavy atom. The molecule has 0 saturated carbocycles. The number of nitrogens with two attached hydrogens (primary N) is 1. The first kappa shape index (κ1) is 11.5. The first-order valence-corrected chi connectivity index (χ1v) is 5.35. The fourth-order valence-electron chi connectivity index (χ4n) is 1.51. The molecule has 14 heavy (non-hydrogen) atoms. The Hall–Kier alpha value is -0.610. The molecule has 1 aliphatic rings. The minimum absolute atomic E-state index is 0.0287. The minimum atomic E-state index is -0.352. The van der Waals surface area contributed by atoms with Crippen molar-refractivity contribution in [2.45, 2.75) is 32.2 Å². The molecule has 0 aromatic carbocycles. The van der Waals surface area contributed by atoms with E-state index in [4.69, 9.17) is 10.5 Å². The fourth-order valence-corrected chi connectivity index (χ4v) is 1.51. The Morgan fingerprint density at radius 1 is 1.57 bits per heavy atom. The number of carbonyl (C=O) groups excluding carboxylic acids is 1. The lowest BCUT2D eigenvalue weighted by Crippen LogP contribution is -2.42. The van der Waals surface area contributed by atoms with Gasteiger partial charge in [-0.25, -0.2) is 0 Å². The predicted molar refractivity (Wildman–Crippen MR) is 54.8 cm³/mol. The summed E-state index contributed by atoms with van der Waals surface area (Å²) in [5.41, 5.74) is 5.60. The Balaban J connectivity index is 2.15. The molecule has 1 amide bonds. The molecule has 0 bridgehead atoms. The average Bonchev–Trinajstić information content (AvgIpc) is 2.26. The van der Waals surface area contributed by atoms with E-state index in [2.05, 4.69) is 5.32 Å². The highest BCUT2D eigenvalue weighted by atomic mass is 16.5. The second kappa shape index (κ2) is 5.98. The lowest BCUT2D eigenvalue weighted by Gasteiger charge is -2.22. The van der Waals surface area contributed by atoms with Gasteiger partial charge >= 0.3 is 0 Å². The molecular formula is C10H20N2O2. The second-order valence-electron chi connectivity index (χ2n) is 3.82. The lowest BCUT2D eigenvalue weighted by atomic mass is 10.0. The van der Waals surface area contributed by atoms with Crippen LogP contribution in [0.25, 0.3) is 0 Å². The van der Waals surface area contributed by atoms with E-state index in [-0.39, 0.29) is 11.9 Å². The molecule has 1 fully saturated rings. The van der Waals surface area contributed by atoms with Crippen LogP contribution in [0.2, 0.25) is 0 Å². The molecular weight excluding hydrogens is 180 g/mol. The van der Waals surface area contributed by atoms with Crippen LogP contribution in [0.1, 0.15) is 26.2 Å². The Labute approximate surface area is 85.2 Å². The number of nitrogens with one attached hydrogen (secondary N) is 1. The van der Waals surface area contributed by atoms with Crippen molar-refractivity contribution in [1.29, 1.82) is 0 Å². The van der Waals surface area contributed by atoms with E-state index in [0.29, 0.717) is 12.3 Å². The van der Waals surface area contributed by atoms with E-state index >= 15 is 0 Å². The van der Waals surface area contributed by atoms with Crippen molar-refractivity contribution in [2.24, 2.45) is 11.7 Å². The molecule has 0 aromatic heterocycles. The number of hydrogen-bond acceptors (Lipinski definition) is 3. The normalized spacial score (nSPS) is 20.4. The highest BCUT2D eigenvalue weighted by Crippen LogP contribution is 2.13. The predicted octanol–water partition coefficient (Wildman–Crippen LogP) is 0.267. The van der Waals surface area contributed by atoms with Crippen LogP contribution in [0, 0.1) is 5.92 Å². The highest BCUT2D eigenvalue weighted by Gasteiger charge is 2.16. The zero-order valence-electron chi connectivity index (χ0n) is 8.79. The molecule has 4 nitrogen and oxygen atoms in total. The molecule has 1 saturated heterocycles. The van der Waals surface area contributed by atoms with Gasteiger partial charge in [-0.05, 0) is 25.2 Å². The van der Waals surface area contributed by atoms with E-state index in [1.165, 1.54) is 0 Å². The summed E-state index contributed by atoms with van der Waals surface area (Å²) >= 11 is 0. The van der Waals surface area contributed by atoms with E-state index in [0.717, 1.165) is 32.6 Å². The van der Waals surface area contributed by atoms with Gasteiger partial charge in [0.25, 0.3) is 0 Å². The third-order valence-corrected chi connectivity index (χ3v) is 2.68. The van der Waals surface area contributed by atoms with E-state index in [9.17, 15) is 4.79 Å². The van der Waals surface area contributed by atoms with Gasteiger partial charge in [0, 0.05) is 19.8 Å². The summed E-state index contributed by atoms with van der Waals surface area (Å²) in [7, 11) is 0. The summed E-state index contributed by atoms with van der Waals surface area (Å²) in [4.78, 5) is 11.3. The van der Waals surface area contributed by atoms with Gasteiger partial charge in [-0.15, -0.1) is 0 Å². The number of hydrogen-bond donors (Lipinski definition) is 2. The molecule has 0 aromatic rings. The van der Waals surface area contributed by atoms with Gasteiger partial charge in [-0.3, -0.25) is 4.79 Å². The summed E-state index contributed by atoms with van der Waals surface area (Å²) in [6, 6.07) is -0.352. The molecule has 0 aliphatic carbocycles. The van der Waals surface area contributed by atoms with Gasteiger partial charge in [-0.1, -0.05) is 6.92 Å². The minimum Gasteiger partial charge on any atom is -0.381 e. The van der Waals surface area contributed by atoms with Crippen LogP contribution < -0.4 is 11.1 Å². The highest BCUT2D eigenvalue weighted by molar-refractivity contribution is 5.81. The third-order valence-electron chi connectivity index (χ3n) is 2.68. The maximum absolute atomic E-state index is 11.3. The van der Waals surface area contributed by atoms with Crippen molar-refractivity contribution in [3.63, 3.8) is 0 Å². The van der Waals surface area contributed by atoms with Crippen LogP contribution in [-0.4, -0.2) is 31.7 Å². The number of amides is 1. The van der Waals surface area contributed by atoms with E-state index in [1.807, 2.05) is 6.92 Å². The molecule has 82 valence electrons. The van der Waals surface area contributed by atoms with Crippen molar-refractivity contribution in [3.05, 3.63) is 0 Å². The third kappa shape index (κ3) is 3.64. The van der Waals surface area contributed by atoms with Crippen LogP contribution in [0.4, 0.5) is 0 Å². The Morgan fingerprint density at radius 2 is 2.21 bits per heavy atom. The molecule has 0 spiro atoms. The number of ether oxygens (including phenoxy) is 1. The zero-order chi connectivity index (χ0) is 10.4. The molecule has 1 rings (SSSR count). The summed E-state index contributed by atoms with van der Waals surface area (Å²) in [6.07, 6.45) is 2.78. The smallest absolute Gasteiger partial charge is 0.236 e. The monoisotopic (exact) mass is 200 g/mol. The van der Waals surface area contributed by atoms with Crippen molar-refractivity contribution in [3.8, 4) is 0 Å². The molecule has 0 radical (unpaired) electrons. The average molecular weight is 200 g/mol. The van der Waals surface area contributed by atoms with Crippen LogP contribution in [-0.2, 0) is 9.53 Å². The van der Waals surface area contributed by atoms with Crippen LogP contribution in [0.15, 0.2) is 0 Å². The van der Waals surface area contributed by atoms with Gasteiger partial charge in [0.1, 0.15) is 0 Å². The molecule has 0 unspecified atom stereocenters. The number of carbonyl (C=O) groups is 1. The maximum atomic E-state index is 11.3. The van der Waals surface area contributed by atoms with Crippen molar-refractivity contribution < 1.29 is 9.53 Å². The number of rotatable bonds is 4. The first-order valence-electron chi connectivity index (χ1n) is 5.35. The SMILES string of the molecule is CC[C@H](N)C(=O)NCC1CCOCC1. The van der Waals surface area contributed by atoms with Gasteiger partial charge in [0.05, 0.1) is 6.04 Å². The Bertz CT molecular complexity index is 179. The summed E-state index contributed by atoms with van der Waals surface area (Å²) in [6.45, 7) is 4.30. The van der Waals surface area contributed by atoms with Crippen LogP contribution in [0.3, 0.4) is 0 Å². The largest absolute Gasteiger partial charge is 0.381 e. The summed E-state index contributed by atoms with van der Waals surface area (Å²) in [5, 5.41) is 2.88. The van der Waals surface area contributed by atoms with Crippen molar-refractivity contribution in [1.82, 2.24) is 5.32 Å². The standard InChI is InChI=1S/C10H20N2O2/c1-2-9(11)10(13)12-7-8-3-5-14-6-4-8/h8-9H,2-7,11H2,1H3,(H,12,13)/t9-/m0/s1. The molecule has 1 atom stereocenters. The van der Waals surface area contributed by atoms with Crippen molar-refractivity contribution in [2.75, 3.05) is 19.8 Å². The second-order valence-corrected chi connectivity index (χ2v) is 3.82. The summed E-state index contributed by atoms with van der Waals surface area (Å²) < 4.78 is 5.24. The van der Waals surface area contributed by atoms with Gasteiger partial charge in [0.2, 0.25) is 5.91 Å². The van der Waals surface area contributed by atoms with Gasteiger partial charge < -0.3 is 15.8 Å². The Kier molecular flexibility index (Phi) is 4.90. The zero-order valence-corrected chi connectivity index (χ0v) is 8.79. The van der Waals surface area contributed by atoms with E-state index < -0.39 is 0 Å². The van der Waals surface area contributed by atoms with Crippen LogP contribution in [0.5, 0.6) is 0 Å². The fraction of sp³-hybridized carbons (Fsp3) is 0.900. The summed E-state index contributed by atoms with van der Waals surface area (Å²) in [5.74, 6) is 0.538. The molecule has 3 N–H and O–H groups in total. The molecule has 1 aliphatic heterocycles. The first-order chi connectivity index (χ1) is 6.74. The van der Waals surface area contributed by atoms with Crippen LogP contribution >= 0.6 is 0 Å². The van der Waals surface area contributed by atoms with Gasteiger partial charge in [-0.2, -0.15) is 0 Å². The topological polar surface area (TPSA) is 64.4 Å². The molecule has 1 heterocycles.